The molecule has 0 amide bonds. The fraction of sp³-hybridized carbons (Fsp3) is 0.533. The van der Waals surface area contributed by atoms with Crippen LogP contribution in [0.5, 0.6) is 0 Å². The number of nitrogens with zero attached hydrogens (tertiary/aromatic N) is 4. The van der Waals surface area contributed by atoms with Crippen LogP contribution < -0.4 is 10.2 Å². The largest absolute Gasteiger partial charge is 0.339 e. The zero-order valence-electron chi connectivity index (χ0n) is 12.1. The first-order valence-corrected chi connectivity index (χ1v) is 7.29. The first-order chi connectivity index (χ1) is 9.78. The molecule has 0 aliphatic carbocycles. The molecule has 106 valence electrons. The van der Waals surface area contributed by atoms with Crippen LogP contribution in [0.25, 0.3) is 11.0 Å². The molecule has 1 N–H and O–H groups in total. The average Bonchev–Trinajstić information content (AvgIpc) is 2.54. The van der Waals surface area contributed by atoms with E-state index in [1.807, 2.05) is 31.3 Å². The number of piperidine rings is 1. The molecule has 0 saturated carbocycles. The van der Waals surface area contributed by atoms with Crippen molar-refractivity contribution in [3.8, 4) is 0 Å². The van der Waals surface area contributed by atoms with Gasteiger partial charge in [-0.05, 0) is 44.9 Å². The van der Waals surface area contributed by atoms with E-state index in [1.54, 1.807) is 0 Å². The number of para-hydroxylation sites is 1. The molecule has 1 aromatic carbocycles. The van der Waals surface area contributed by atoms with E-state index < -0.39 is 0 Å². The normalized spacial score (nSPS) is 18.4. The van der Waals surface area contributed by atoms with Crippen molar-refractivity contribution in [3.05, 3.63) is 24.3 Å². The molecule has 5 nitrogen and oxygen atoms in total. The SMILES string of the molecule is CNC(C)C1CCN(c2nnc3ccccc3n2)CC1. The van der Waals surface area contributed by atoms with E-state index in [4.69, 9.17) is 0 Å². The number of fused-ring (bicyclic) bond motifs is 1. The zero-order chi connectivity index (χ0) is 13.9. The summed E-state index contributed by atoms with van der Waals surface area (Å²) in [6.07, 6.45) is 2.36. The summed E-state index contributed by atoms with van der Waals surface area (Å²) in [7, 11) is 2.04. The van der Waals surface area contributed by atoms with E-state index in [0.717, 1.165) is 36.0 Å². The summed E-state index contributed by atoms with van der Waals surface area (Å²) in [4.78, 5) is 6.87. The molecular formula is C15H21N5. The molecule has 1 saturated heterocycles. The quantitative estimate of drug-likeness (QED) is 0.923. The lowest BCUT2D eigenvalue weighted by Crippen LogP contribution is -2.41. The maximum absolute atomic E-state index is 4.63. The molecule has 2 heterocycles. The highest BCUT2D eigenvalue weighted by Gasteiger charge is 2.24. The van der Waals surface area contributed by atoms with Crippen LogP contribution in [-0.4, -0.2) is 41.4 Å². The van der Waals surface area contributed by atoms with Crippen molar-refractivity contribution in [3.63, 3.8) is 0 Å². The van der Waals surface area contributed by atoms with Gasteiger partial charge in [0.25, 0.3) is 0 Å². The molecule has 1 aliphatic rings. The Labute approximate surface area is 119 Å². The van der Waals surface area contributed by atoms with Crippen LogP contribution in [0.3, 0.4) is 0 Å². The summed E-state index contributed by atoms with van der Waals surface area (Å²) in [5.74, 6) is 1.50. The van der Waals surface area contributed by atoms with Crippen LogP contribution in [-0.2, 0) is 0 Å². The fourth-order valence-corrected chi connectivity index (χ4v) is 2.84. The fourth-order valence-electron chi connectivity index (χ4n) is 2.84. The molecule has 5 heteroatoms. The third-order valence-corrected chi connectivity index (χ3v) is 4.33. The second-order valence-corrected chi connectivity index (χ2v) is 5.50. The lowest BCUT2D eigenvalue weighted by molar-refractivity contribution is 0.322. The number of nitrogens with one attached hydrogen (secondary N) is 1. The van der Waals surface area contributed by atoms with Gasteiger partial charge in [-0.2, -0.15) is 0 Å². The molecule has 1 aromatic heterocycles. The Morgan fingerprint density at radius 3 is 2.55 bits per heavy atom. The summed E-state index contributed by atoms with van der Waals surface area (Å²) in [6.45, 7) is 4.28. The van der Waals surface area contributed by atoms with Crippen molar-refractivity contribution in [2.45, 2.75) is 25.8 Å². The van der Waals surface area contributed by atoms with Gasteiger partial charge in [-0.1, -0.05) is 12.1 Å². The number of hydrogen-bond acceptors (Lipinski definition) is 5. The smallest absolute Gasteiger partial charge is 0.245 e. The molecule has 1 atom stereocenters. The number of anilines is 1. The molecular weight excluding hydrogens is 250 g/mol. The van der Waals surface area contributed by atoms with Gasteiger partial charge in [-0.3, -0.25) is 0 Å². The predicted molar refractivity (Wildman–Crippen MR) is 80.8 cm³/mol. The molecule has 1 aliphatic heterocycles. The van der Waals surface area contributed by atoms with Gasteiger partial charge in [0.05, 0.1) is 5.52 Å². The second-order valence-electron chi connectivity index (χ2n) is 5.50. The average molecular weight is 271 g/mol. The topological polar surface area (TPSA) is 53.9 Å². The van der Waals surface area contributed by atoms with E-state index in [1.165, 1.54) is 12.8 Å². The van der Waals surface area contributed by atoms with Gasteiger partial charge in [0.1, 0.15) is 5.52 Å². The summed E-state index contributed by atoms with van der Waals surface area (Å²) < 4.78 is 0. The Hall–Kier alpha value is -1.75. The lowest BCUT2D eigenvalue weighted by Gasteiger charge is -2.34. The lowest BCUT2D eigenvalue weighted by atomic mass is 9.90. The molecule has 1 fully saturated rings. The van der Waals surface area contributed by atoms with E-state index in [0.29, 0.717) is 6.04 Å². The Kier molecular flexibility index (Phi) is 3.78. The van der Waals surface area contributed by atoms with Crippen molar-refractivity contribution in [2.24, 2.45) is 5.92 Å². The van der Waals surface area contributed by atoms with Gasteiger partial charge in [0.15, 0.2) is 0 Å². The maximum atomic E-state index is 4.63. The molecule has 0 spiro atoms. The highest BCUT2D eigenvalue weighted by molar-refractivity contribution is 5.74. The van der Waals surface area contributed by atoms with Crippen molar-refractivity contribution >= 4 is 17.0 Å². The van der Waals surface area contributed by atoms with E-state index in [2.05, 4.69) is 32.3 Å². The molecule has 0 bridgehead atoms. The first kappa shape index (κ1) is 13.2. The van der Waals surface area contributed by atoms with Gasteiger partial charge >= 0.3 is 0 Å². The maximum Gasteiger partial charge on any atom is 0.245 e. The third-order valence-electron chi connectivity index (χ3n) is 4.33. The van der Waals surface area contributed by atoms with Crippen LogP contribution in [0.4, 0.5) is 5.95 Å². The Morgan fingerprint density at radius 2 is 1.85 bits per heavy atom. The second kappa shape index (κ2) is 5.71. The van der Waals surface area contributed by atoms with Gasteiger partial charge in [-0.25, -0.2) is 4.98 Å². The highest BCUT2D eigenvalue weighted by atomic mass is 15.3. The van der Waals surface area contributed by atoms with E-state index >= 15 is 0 Å². The monoisotopic (exact) mass is 271 g/mol. The predicted octanol–water partition coefficient (Wildman–Crippen LogP) is 1.85. The standard InChI is InChI=1S/C15H21N5/c1-11(16-2)12-7-9-20(10-8-12)15-17-13-5-3-4-6-14(13)18-19-15/h3-6,11-12,16H,7-10H2,1-2H3. The van der Waals surface area contributed by atoms with Gasteiger partial charge in [0, 0.05) is 19.1 Å². The van der Waals surface area contributed by atoms with E-state index in [-0.39, 0.29) is 0 Å². The van der Waals surface area contributed by atoms with Gasteiger partial charge in [0.2, 0.25) is 5.95 Å². The molecule has 1 unspecified atom stereocenters. The van der Waals surface area contributed by atoms with Crippen LogP contribution in [0.1, 0.15) is 19.8 Å². The van der Waals surface area contributed by atoms with Crippen molar-refractivity contribution in [1.29, 1.82) is 0 Å². The van der Waals surface area contributed by atoms with Crippen LogP contribution in [0, 0.1) is 5.92 Å². The van der Waals surface area contributed by atoms with Crippen molar-refractivity contribution in [2.75, 3.05) is 25.0 Å². The highest BCUT2D eigenvalue weighted by Crippen LogP contribution is 2.23. The van der Waals surface area contributed by atoms with Crippen LogP contribution in [0.2, 0.25) is 0 Å². The molecule has 2 aromatic rings. The number of hydrogen-bond donors (Lipinski definition) is 1. The summed E-state index contributed by atoms with van der Waals surface area (Å²) in [6, 6.07) is 8.46. The van der Waals surface area contributed by atoms with Crippen molar-refractivity contribution in [1.82, 2.24) is 20.5 Å². The van der Waals surface area contributed by atoms with Crippen LogP contribution >= 0.6 is 0 Å². The van der Waals surface area contributed by atoms with Crippen LogP contribution in [0.15, 0.2) is 24.3 Å². The summed E-state index contributed by atoms with van der Waals surface area (Å²) in [5.41, 5.74) is 1.78. The number of aromatic nitrogens is 3. The molecule has 20 heavy (non-hydrogen) atoms. The first-order valence-electron chi connectivity index (χ1n) is 7.29. The number of rotatable bonds is 3. The summed E-state index contributed by atoms with van der Waals surface area (Å²) >= 11 is 0. The minimum absolute atomic E-state index is 0.577. The minimum Gasteiger partial charge on any atom is -0.339 e. The molecule has 3 rings (SSSR count). The third kappa shape index (κ3) is 2.58. The van der Waals surface area contributed by atoms with Crippen molar-refractivity contribution < 1.29 is 0 Å². The Bertz CT molecular complexity index is 577. The molecule has 0 radical (unpaired) electrons. The minimum atomic E-state index is 0.577. The van der Waals surface area contributed by atoms with Gasteiger partial charge < -0.3 is 10.2 Å². The van der Waals surface area contributed by atoms with E-state index in [9.17, 15) is 0 Å². The Morgan fingerprint density at radius 1 is 1.15 bits per heavy atom. The number of benzene rings is 1. The van der Waals surface area contributed by atoms with Gasteiger partial charge in [-0.15, -0.1) is 10.2 Å². The summed E-state index contributed by atoms with van der Waals surface area (Å²) in [5, 5.41) is 11.9. The zero-order valence-corrected chi connectivity index (χ0v) is 12.1. The Balaban J connectivity index is 1.73.